The van der Waals surface area contributed by atoms with Crippen LogP contribution >= 0.6 is 31.9 Å². The first-order valence-electron chi connectivity index (χ1n) is 5.72. The van der Waals surface area contributed by atoms with Crippen molar-refractivity contribution in [1.29, 1.82) is 0 Å². The number of ether oxygens (including phenoxy) is 1. The van der Waals surface area contributed by atoms with Gasteiger partial charge < -0.3 is 14.3 Å². The number of hydrogen-bond donors (Lipinski definition) is 1. The first-order valence-corrected chi connectivity index (χ1v) is 7.30. The van der Waals surface area contributed by atoms with Gasteiger partial charge in [0.25, 0.3) is 0 Å². The van der Waals surface area contributed by atoms with Gasteiger partial charge in [0.1, 0.15) is 17.6 Å². The van der Waals surface area contributed by atoms with Crippen LogP contribution in [0.15, 0.2) is 31.8 Å². The molecule has 1 atom stereocenters. The van der Waals surface area contributed by atoms with E-state index < -0.39 is 6.10 Å². The lowest BCUT2D eigenvalue weighted by Crippen LogP contribution is -2.04. The Morgan fingerprint density at radius 1 is 1.21 bits per heavy atom. The van der Waals surface area contributed by atoms with Gasteiger partial charge in [0.15, 0.2) is 4.67 Å². The number of rotatable bonds is 3. The highest BCUT2D eigenvalue weighted by Crippen LogP contribution is 2.37. The normalized spacial score (nSPS) is 12.5. The van der Waals surface area contributed by atoms with Crippen molar-refractivity contribution in [2.75, 3.05) is 7.11 Å². The highest BCUT2D eigenvalue weighted by molar-refractivity contribution is 9.13. The fourth-order valence-electron chi connectivity index (χ4n) is 2.10. The first kappa shape index (κ1) is 14.6. The van der Waals surface area contributed by atoms with Crippen molar-refractivity contribution in [3.8, 4) is 5.75 Å². The number of aryl methyl sites for hydroxylation is 2. The fourth-order valence-corrected chi connectivity index (χ4v) is 2.71. The van der Waals surface area contributed by atoms with Crippen LogP contribution in [0.1, 0.15) is 28.6 Å². The van der Waals surface area contributed by atoms with E-state index in [1.807, 2.05) is 26.0 Å². The Bertz CT molecular complexity index is 585. The Hall–Kier alpha value is -0.780. The topological polar surface area (TPSA) is 42.6 Å². The van der Waals surface area contributed by atoms with Gasteiger partial charge in [-0.25, -0.2) is 0 Å². The van der Waals surface area contributed by atoms with Crippen molar-refractivity contribution >= 4 is 31.9 Å². The summed E-state index contributed by atoms with van der Waals surface area (Å²) < 4.78 is 12.2. The van der Waals surface area contributed by atoms with E-state index in [1.165, 1.54) is 0 Å². The van der Waals surface area contributed by atoms with Crippen LogP contribution in [0, 0.1) is 13.8 Å². The van der Waals surface area contributed by atoms with Crippen LogP contribution in [0.25, 0.3) is 0 Å². The molecule has 1 N–H and O–H groups in total. The number of furan rings is 1. The van der Waals surface area contributed by atoms with Gasteiger partial charge >= 0.3 is 0 Å². The average molecular weight is 390 g/mol. The predicted octanol–water partition coefficient (Wildman–Crippen LogP) is 4.51. The summed E-state index contributed by atoms with van der Waals surface area (Å²) in [7, 11) is 1.60. The standard InChI is InChI=1S/C14H14Br2O3/c1-7-4-8(2)12(10(5-7)18-3)13(17)11-6-9(15)14(16)19-11/h4-6,13,17H,1-3H3. The molecule has 0 fully saturated rings. The van der Waals surface area contributed by atoms with E-state index in [4.69, 9.17) is 9.15 Å². The Morgan fingerprint density at radius 3 is 2.42 bits per heavy atom. The van der Waals surface area contributed by atoms with Crippen molar-refractivity contribution in [3.05, 3.63) is 49.8 Å². The summed E-state index contributed by atoms with van der Waals surface area (Å²) in [5.74, 6) is 1.12. The smallest absolute Gasteiger partial charge is 0.183 e. The van der Waals surface area contributed by atoms with E-state index in [9.17, 15) is 5.11 Å². The molecular formula is C14H14Br2O3. The van der Waals surface area contributed by atoms with Gasteiger partial charge in [-0.05, 0) is 69.0 Å². The van der Waals surface area contributed by atoms with Gasteiger partial charge in [0.05, 0.1) is 11.6 Å². The molecule has 19 heavy (non-hydrogen) atoms. The van der Waals surface area contributed by atoms with E-state index in [-0.39, 0.29) is 0 Å². The summed E-state index contributed by atoms with van der Waals surface area (Å²) >= 11 is 6.61. The van der Waals surface area contributed by atoms with Gasteiger partial charge in [-0.15, -0.1) is 0 Å². The molecule has 1 aromatic heterocycles. The average Bonchev–Trinajstić information content (AvgIpc) is 2.68. The Labute approximate surface area is 128 Å². The quantitative estimate of drug-likeness (QED) is 0.839. The van der Waals surface area contributed by atoms with Crippen LogP contribution in [0.2, 0.25) is 0 Å². The van der Waals surface area contributed by atoms with Crippen molar-refractivity contribution in [3.63, 3.8) is 0 Å². The number of hydrogen-bond acceptors (Lipinski definition) is 3. The third-order valence-electron chi connectivity index (χ3n) is 2.92. The van der Waals surface area contributed by atoms with E-state index >= 15 is 0 Å². The van der Waals surface area contributed by atoms with Crippen molar-refractivity contribution in [2.45, 2.75) is 20.0 Å². The first-order chi connectivity index (χ1) is 8.93. The molecule has 1 aromatic carbocycles. The zero-order valence-electron chi connectivity index (χ0n) is 10.8. The molecule has 0 aliphatic carbocycles. The SMILES string of the molecule is COc1cc(C)cc(C)c1C(O)c1cc(Br)c(Br)o1. The minimum absolute atomic E-state index is 0.462. The Morgan fingerprint density at radius 2 is 1.89 bits per heavy atom. The van der Waals surface area contributed by atoms with Gasteiger partial charge in [-0.3, -0.25) is 0 Å². The Kier molecular flexibility index (Phi) is 4.38. The van der Waals surface area contributed by atoms with Gasteiger partial charge in [-0.1, -0.05) is 6.07 Å². The molecule has 1 unspecified atom stereocenters. The third kappa shape index (κ3) is 2.88. The molecule has 0 aliphatic heterocycles. The van der Waals surface area contributed by atoms with Crippen molar-refractivity contribution < 1.29 is 14.3 Å². The van der Waals surface area contributed by atoms with E-state index in [2.05, 4.69) is 31.9 Å². The van der Waals surface area contributed by atoms with Crippen molar-refractivity contribution in [1.82, 2.24) is 0 Å². The lowest BCUT2D eigenvalue weighted by molar-refractivity contribution is 0.182. The highest BCUT2D eigenvalue weighted by Gasteiger charge is 2.22. The molecule has 0 amide bonds. The van der Waals surface area contributed by atoms with E-state index in [1.54, 1.807) is 13.2 Å². The molecule has 0 bridgehead atoms. The number of benzene rings is 1. The molecule has 5 heteroatoms. The van der Waals surface area contributed by atoms with Crippen LogP contribution in [0.5, 0.6) is 5.75 Å². The zero-order chi connectivity index (χ0) is 14.2. The largest absolute Gasteiger partial charge is 0.496 e. The minimum atomic E-state index is -0.863. The third-order valence-corrected chi connectivity index (χ3v) is 4.63. The Balaban J connectivity index is 2.51. The summed E-state index contributed by atoms with van der Waals surface area (Å²) in [4.78, 5) is 0. The molecule has 102 valence electrons. The van der Waals surface area contributed by atoms with Crippen LogP contribution in [-0.4, -0.2) is 12.2 Å². The molecule has 0 spiro atoms. The second-order valence-electron chi connectivity index (χ2n) is 4.37. The molecule has 0 saturated carbocycles. The molecular weight excluding hydrogens is 376 g/mol. The summed E-state index contributed by atoms with van der Waals surface area (Å²) in [5, 5.41) is 10.5. The zero-order valence-corrected chi connectivity index (χ0v) is 14.0. The summed E-state index contributed by atoms with van der Waals surface area (Å²) in [6, 6.07) is 5.65. The summed E-state index contributed by atoms with van der Waals surface area (Å²) in [6.45, 7) is 3.94. The van der Waals surface area contributed by atoms with E-state index in [0.717, 1.165) is 21.2 Å². The van der Waals surface area contributed by atoms with Gasteiger partial charge in [0.2, 0.25) is 0 Å². The predicted molar refractivity (Wildman–Crippen MR) is 80.6 cm³/mol. The summed E-state index contributed by atoms with van der Waals surface area (Å²) in [5.41, 5.74) is 2.78. The minimum Gasteiger partial charge on any atom is -0.496 e. The molecule has 3 nitrogen and oxygen atoms in total. The fraction of sp³-hybridized carbons (Fsp3) is 0.286. The maximum absolute atomic E-state index is 10.5. The van der Waals surface area contributed by atoms with Crippen LogP contribution < -0.4 is 4.74 Å². The molecule has 1 heterocycles. The van der Waals surface area contributed by atoms with Gasteiger partial charge in [0, 0.05) is 5.56 Å². The number of aliphatic hydroxyl groups excluding tert-OH is 1. The maximum atomic E-state index is 10.5. The second kappa shape index (κ2) is 5.69. The van der Waals surface area contributed by atoms with E-state index in [0.29, 0.717) is 16.2 Å². The van der Waals surface area contributed by atoms with Gasteiger partial charge in [-0.2, -0.15) is 0 Å². The number of halogens is 2. The maximum Gasteiger partial charge on any atom is 0.183 e. The van der Waals surface area contributed by atoms with Crippen LogP contribution in [-0.2, 0) is 0 Å². The number of methoxy groups -OCH3 is 1. The highest BCUT2D eigenvalue weighted by atomic mass is 79.9. The lowest BCUT2D eigenvalue weighted by Gasteiger charge is -2.16. The molecule has 2 aromatic rings. The second-order valence-corrected chi connectivity index (χ2v) is 5.95. The lowest BCUT2D eigenvalue weighted by atomic mass is 9.98. The molecule has 0 saturated heterocycles. The summed E-state index contributed by atoms with van der Waals surface area (Å²) in [6.07, 6.45) is -0.863. The molecule has 0 aliphatic rings. The monoisotopic (exact) mass is 388 g/mol. The molecule has 2 rings (SSSR count). The van der Waals surface area contributed by atoms with Crippen LogP contribution in [0.4, 0.5) is 0 Å². The molecule has 0 radical (unpaired) electrons. The van der Waals surface area contributed by atoms with Crippen LogP contribution in [0.3, 0.4) is 0 Å². The van der Waals surface area contributed by atoms with Crippen molar-refractivity contribution in [2.24, 2.45) is 0 Å². The number of aliphatic hydroxyl groups is 1.